The second-order valence-corrected chi connectivity index (χ2v) is 8.94. The lowest BCUT2D eigenvalue weighted by Crippen LogP contribution is -2.47. The van der Waals surface area contributed by atoms with Crippen LogP contribution in [0.25, 0.3) is 0 Å². The number of hydrogen-bond acceptors (Lipinski definition) is 4. The first-order chi connectivity index (χ1) is 11.8. The maximum atomic E-state index is 12.9. The summed E-state index contributed by atoms with van der Waals surface area (Å²) in [5.41, 5.74) is 1.72. The van der Waals surface area contributed by atoms with Crippen LogP contribution >= 0.6 is 11.3 Å². The molecule has 0 spiro atoms. The van der Waals surface area contributed by atoms with Gasteiger partial charge in [-0.3, -0.25) is 4.79 Å². The number of nitrogens with one attached hydrogen (secondary N) is 1. The number of thiophene rings is 1. The summed E-state index contributed by atoms with van der Waals surface area (Å²) in [5, 5.41) is 4.97. The number of hydrogen-bond donors (Lipinski definition) is 1. The lowest BCUT2D eigenvalue weighted by Gasteiger charge is -2.33. The van der Waals surface area contributed by atoms with Gasteiger partial charge in [0, 0.05) is 29.4 Å². The molecule has 1 aromatic rings. The summed E-state index contributed by atoms with van der Waals surface area (Å²) < 4.78 is 5.31. The quantitative estimate of drug-likeness (QED) is 0.869. The standard InChI is InChI=1S/C19H28N2O3S/c1-19(2,3)24-18(23)20-13-8-10-21(11-9-13)17(22)15-12-25-16-7-5-4-6-14(15)16/h12-13H,4-11H2,1-3H3,(H,20,23). The van der Waals surface area contributed by atoms with Gasteiger partial charge in [0.1, 0.15) is 5.60 Å². The smallest absolute Gasteiger partial charge is 0.407 e. The zero-order valence-electron chi connectivity index (χ0n) is 15.4. The maximum absolute atomic E-state index is 12.9. The lowest BCUT2D eigenvalue weighted by atomic mass is 9.95. The fourth-order valence-corrected chi connectivity index (χ4v) is 4.66. The lowest BCUT2D eigenvalue weighted by molar-refractivity contribution is 0.0473. The second-order valence-electron chi connectivity index (χ2n) is 7.97. The van der Waals surface area contributed by atoms with Crippen LogP contribution in [0.15, 0.2) is 5.38 Å². The minimum absolute atomic E-state index is 0.0790. The molecule has 1 fully saturated rings. The molecule has 0 radical (unpaired) electrons. The summed E-state index contributed by atoms with van der Waals surface area (Å²) in [4.78, 5) is 28.1. The molecule has 0 aromatic carbocycles. The third-order valence-electron chi connectivity index (χ3n) is 4.79. The number of alkyl carbamates (subject to hydrolysis) is 1. The van der Waals surface area contributed by atoms with E-state index >= 15 is 0 Å². The molecule has 1 N–H and O–H groups in total. The van der Waals surface area contributed by atoms with Crippen molar-refractivity contribution in [2.24, 2.45) is 0 Å². The Morgan fingerprint density at radius 1 is 1.20 bits per heavy atom. The molecule has 0 atom stereocenters. The molecule has 6 heteroatoms. The molecule has 2 amide bonds. The van der Waals surface area contributed by atoms with Gasteiger partial charge in [-0.15, -0.1) is 11.3 Å². The van der Waals surface area contributed by atoms with E-state index < -0.39 is 5.60 Å². The molecule has 0 unspecified atom stereocenters. The van der Waals surface area contributed by atoms with Gasteiger partial charge >= 0.3 is 6.09 Å². The highest BCUT2D eigenvalue weighted by Crippen LogP contribution is 2.31. The highest BCUT2D eigenvalue weighted by atomic mass is 32.1. The summed E-state index contributed by atoms with van der Waals surface area (Å²) in [6.45, 7) is 6.94. The number of ether oxygens (including phenoxy) is 1. The van der Waals surface area contributed by atoms with E-state index in [0.29, 0.717) is 13.1 Å². The van der Waals surface area contributed by atoms with Crippen LogP contribution in [0.4, 0.5) is 4.79 Å². The highest BCUT2D eigenvalue weighted by molar-refractivity contribution is 7.10. The van der Waals surface area contributed by atoms with E-state index in [1.165, 1.54) is 23.3 Å². The molecule has 0 saturated carbocycles. The van der Waals surface area contributed by atoms with Crippen LogP contribution < -0.4 is 5.32 Å². The number of piperidine rings is 1. The summed E-state index contributed by atoms with van der Waals surface area (Å²) >= 11 is 1.74. The molecule has 2 aliphatic rings. The zero-order chi connectivity index (χ0) is 18.0. The molecule has 1 aromatic heterocycles. The van der Waals surface area contributed by atoms with Crippen molar-refractivity contribution in [1.29, 1.82) is 0 Å². The molecule has 1 aliphatic carbocycles. The van der Waals surface area contributed by atoms with Crippen LogP contribution in [0, 0.1) is 0 Å². The fourth-order valence-electron chi connectivity index (χ4n) is 3.54. The van der Waals surface area contributed by atoms with Crippen molar-refractivity contribution in [3.8, 4) is 0 Å². The molecule has 3 rings (SSSR count). The Hall–Kier alpha value is -1.56. The largest absolute Gasteiger partial charge is 0.444 e. The Morgan fingerprint density at radius 2 is 1.88 bits per heavy atom. The van der Waals surface area contributed by atoms with Gasteiger partial charge < -0.3 is 15.0 Å². The summed E-state index contributed by atoms with van der Waals surface area (Å²) in [6.07, 6.45) is 5.76. The van der Waals surface area contributed by atoms with Crippen molar-refractivity contribution in [3.63, 3.8) is 0 Å². The first-order valence-electron chi connectivity index (χ1n) is 9.21. The van der Waals surface area contributed by atoms with E-state index in [1.54, 1.807) is 11.3 Å². The first-order valence-corrected chi connectivity index (χ1v) is 10.1. The normalized spacial score (nSPS) is 18.6. The van der Waals surface area contributed by atoms with Crippen molar-refractivity contribution in [2.45, 2.75) is 70.9 Å². The Labute approximate surface area is 153 Å². The molecule has 138 valence electrons. The maximum Gasteiger partial charge on any atom is 0.407 e. The van der Waals surface area contributed by atoms with Crippen LogP contribution in [0.5, 0.6) is 0 Å². The minimum atomic E-state index is -0.487. The van der Waals surface area contributed by atoms with Crippen LogP contribution in [-0.4, -0.2) is 41.6 Å². The van der Waals surface area contributed by atoms with Gasteiger partial charge in [-0.1, -0.05) is 0 Å². The van der Waals surface area contributed by atoms with E-state index in [2.05, 4.69) is 5.32 Å². The average molecular weight is 365 g/mol. The SMILES string of the molecule is CC(C)(C)OC(=O)NC1CCN(C(=O)c2csc3c2CCCC3)CC1. The van der Waals surface area contributed by atoms with Gasteiger partial charge in [0.15, 0.2) is 0 Å². The number of aryl methyl sites for hydroxylation is 1. The molecular formula is C19H28N2O3S. The molecular weight excluding hydrogens is 336 g/mol. The predicted octanol–water partition coefficient (Wildman–Crippen LogP) is 3.76. The van der Waals surface area contributed by atoms with Gasteiger partial charge in [0.25, 0.3) is 5.91 Å². The van der Waals surface area contributed by atoms with Crippen molar-refractivity contribution >= 4 is 23.3 Å². The first kappa shape index (κ1) is 18.2. The van der Waals surface area contributed by atoms with Gasteiger partial charge in [-0.05, 0) is 64.9 Å². The molecule has 2 heterocycles. The number of nitrogens with zero attached hydrogens (tertiary/aromatic N) is 1. The van der Waals surface area contributed by atoms with E-state index in [0.717, 1.165) is 31.2 Å². The number of carbonyl (C=O) groups excluding carboxylic acids is 2. The summed E-state index contributed by atoms with van der Waals surface area (Å²) in [6, 6.07) is 0.0790. The molecule has 1 saturated heterocycles. The van der Waals surface area contributed by atoms with Crippen molar-refractivity contribution < 1.29 is 14.3 Å². The minimum Gasteiger partial charge on any atom is -0.444 e. The van der Waals surface area contributed by atoms with Gasteiger partial charge in [-0.25, -0.2) is 4.79 Å². The van der Waals surface area contributed by atoms with Crippen LogP contribution in [-0.2, 0) is 17.6 Å². The number of rotatable bonds is 2. The van der Waals surface area contributed by atoms with E-state index in [4.69, 9.17) is 4.74 Å². The van der Waals surface area contributed by atoms with E-state index in [-0.39, 0.29) is 18.0 Å². The summed E-state index contributed by atoms with van der Waals surface area (Å²) in [7, 11) is 0. The Balaban J connectivity index is 1.53. The number of amides is 2. The number of likely N-dealkylation sites (tertiary alicyclic amines) is 1. The predicted molar refractivity (Wildman–Crippen MR) is 99.3 cm³/mol. The topological polar surface area (TPSA) is 58.6 Å². The Morgan fingerprint density at radius 3 is 2.56 bits per heavy atom. The number of carbonyl (C=O) groups is 2. The van der Waals surface area contributed by atoms with E-state index in [9.17, 15) is 9.59 Å². The van der Waals surface area contributed by atoms with Crippen molar-refractivity contribution in [2.75, 3.05) is 13.1 Å². The third kappa shape index (κ3) is 4.54. The van der Waals surface area contributed by atoms with Gasteiger partial charge in [-0.2, -0.15) is 0 Å². The van der Waals surface area contributed by atoms with Crippen molar-refractivity contribution in [1.82, 2.24) is 10.2 Å². The zero-order valence-corrected chi connectivity index (χ0v) is 16.2. The molecule has 0 bridgehead atoms. The average Bonchev–Trinajstić information content (AvgIpc) is 2.97. The number of fused-ring (bicyclic) bond motifs is 1. The molecule has 25 heavy (non-hydrogen) atoms. The van der Waals surface area contributed by atoms with Gasteiger partial charge in [0.2, 0.25) is 0 Å². The monoisotopic (exact) mass is 364 g/mol. The molecule has 1 aliphatic heterocycles. The van der Waals surface area contributed by atoms with E-state index in [1.807, 2.05) is 31.1 Å². The van der Waals surface area contributed by atoms with Crippen LogP contribution in [0.3, 0.4) is 0 Å². The van der Waals surface area contributed by atoms with Crippen LogP contribution in [0.2, 0.25) is 0 Å². The Bertz CT molecular complexity index is 640. The second kappa shape index (κ2) is 7.36. The summed E-state index contributed by atoms with van der Waals surface area (Å²) in [5.74, 6) is 0.162. The Kier molecular flexibility index (Phi) is 5.37. The molecule has 5 nitrogen and oxygen atoms in total. The fraction of sp³-hybridized carbons (Fsp3) is 0.684. The van der Waals surface area contributed by atoms with Gasteiger partial charge in [0.05, 0.1) is 5.56 Å². The highest BCUT2D eigenvalue weighted by Gasteiger charge is 2.28. The third-order valence-corrected chi connectivity index (χ3v) is 5.88. The van der Waals surface area contributed by atoms with Crippen molar-refractivity contribution in [3.05, 3.63) is 21.4 Å². The van der Waals surface area contributed by atoms with Crippen LogP contribution in [0.1, 0.15) is 67.3 Å².